The molecule has 46 heavy (non-hydrogen) atoms. The van der Waals surface area contributed by atoms with Gasteiger partial charge in [0, 0.05) is 59.9 Å². The summed E-state index contributed by atoms with van der Waals surface area (Å²) in [6.45, 7) is 0. The highest BCUT2D eigenvalue weighted by molar-refractivity contribution is 6.18. The van der Waals surface area contributed by atoms with Crippen LogP contribution in [0.2, 0.25) is 0 Å². The zero-order valence-corrected chi connectivity index (χ0v) is 24.5. The zero-order valence-electron chi connectivity index (χ0n) is 24.5. The third-order valence-corrected chi connectivity index (χ3v) is 9.60. The van der Waals surface area contributed by atoms with Gasteiger partial charge in [-0.3, -0.25) is 0 Å². The van der Waals surface area contributed by atoms with Crippen molar-refractivity contribution in [3.8, 4) is 16.8 Å². The van der Waals surface area contributed by atoms with Crippen LogP contribution >= 0.6 is 0 Å². The van der Waals surface area contributed by atoms with E-state index in [1.807, 2.05) is 12.1 Å². The molecule has 0 unspecified atom stereocenters. The van der Waals surface area contributed by atoms with Crippen LogP contribution in [0.3, 0.4) is 0 Å². The predicted molar refractivity (Wildman–Crippen MR) is 188 cm³/mol. The van der Waals surface area contributed by atoms with Crippen LogP contribution in [0.25, 0.3) is 104 Å². The van der Waals surface area contributed by atoms with E-state index in [-0.39, 0.29) is 0 Å². The fourth-order valence-electron chi connectivity index (χ4n) is 7.57. The molecule has 0 N–H and O–H groups in total. The highest BCUT2D eigenvalue weighted by atomic mass is 16.3. The van der Waals surface area contributed by atoms with Gasteiger partial charge in [0.1, 0.15) is 33.5 Å². The van der Waals surface area contributed by atoms with Gasteiger partial charge in [0.25, 0.3) is 0 Å². The van der Waals surface area contributed by atoms with Gasteiger partial charge in [0.15, 0.2) is 0 Å². The Bertz CT molecular complexity index is 2980. The first-order chi connectivity index (χ1) is 22.8. The monoisotopic (exact) mass is 589 g/mol. The first-order valence-electron chi connectivity index (χ1n) is 15.5. The molecule has 4 aromatic heterocycles. The average molecular weight is 590 g/mol. The zero-order chi connectivity index (χ0) is 29.9. The van der Waals surface area contributed by atoms with Crippen molar-refractivity contribution in [1.29, 1.82) is 0 Å². The van der Waals surface area contributed by atoms with Gasteiger partial charge in [0.2, 0.25) is 0 Å². The van der Waals surface area contributed by atoms with E-state index in [9.17, 15) is 0 Å². The van der Waals surface area contributed by atoms with E-state index in [1.54, 1.807) is 0 Å². The quantitative estimate of drug-likeness (QED) is 0.201. The Morgan fingerprint density at radius 1 is 0.326 bits per heavy atom. The first-order valence-corrected chi connectivity index (χ1v) is 15.5. The summed E-state index contributed by atoms with van der Waals surface area (Å²) in [5.41, 5.74) is 10.6. The Hall–Kier alpha value is -6.26. The van der Waals surface area contributed by atoms with E-state index in [4.69, 9.17) is 13.3 Å². The number of para-hydroxylation sites is 5. The maximum absolute atomic E-state index is 6.72. The van der Waals surface area contributed by atoms with Crippen LogP contribution in [-0.4, -0.2) is 4.57 Å². The van der Waals surface area contributed by atoms with Crippen molar-refractivity contribution in [1.82, 2.24) is 4.57 Å². The molecule has 11 rings (SSSR count). The van der Waals surface area contributed by atoms with E-state index in [0.717, 1.165) is 82.6 Å². The maximum Gasteiger partial charge on any atom is 0.143 e. The topological polar surface area (TPSA) is 44.4 Å². The fraction of sp³-hybridized carbons (Fsp3) is 0. The molecule has 4 heteroatoms. The Balaban J connectivity index is 1.14. The maximum atomic E-state index is 6.72. The molecular formula is C42H23NO3. The SMILES string of the molecule is c1ccc2c(c1)oc1c(-c3cccc4c3oc3cc5c(cc34)oc3ccc(-n4c6ccccc6c6ccccc64)cc35)cccc12. The number of hydrogen-bond acceptors (Lipinski definition) is 3. The lowest BCUT2D eigenvalue weighted by atomic mass is 10.00. The van der Waals surface area contributed by atoms with Crippen molar-refractivity contribution < 1.29 is 13.3 Å². The van der Waals surface area contributed by atoms with Crippen molar-refractivity contribution >= 4 is 87.6 Å². The molecule has 0 bridgehead atoms. The van der Waals surface area contributed by atoms with E-state index in [0.29, 0.717) is 0 Å². The Morgan fingerprint density at radius 3 is 1.54 bits per heavy atom. The first kappa shape index (κ1) is 24.1. The lowest BCUT2D eigenvalue weighted by Gasteiger charge is -2.07. The molecule has 0 aliphatic rings. The lowest BCUT2D eigenvalue weighted by Crippen LogP contribution is -1.93. The van der Waals surface area contributed by atoms with Crippen molar-refractivity contribution in [3.63, 3.8) is 0 Å². The summed E-state index contributed by atoms with van der Waals surface area (Å²) >= 11 is 0. The van der Waals surface area contributed by atoms with E-state index >= 15 is 0 Å². The second-order valence-corrected chi connectivity index (χ2v) is 12.1. The van der Waals surface area contributed by atoms with Crippen LogP contribution < -0.4 is 0 Å². The summed E-state index contributed by atoms with van der Waals surface area (Å²) < 4.78 is 21.9. The summed E-state index contributed by atoms with van der Waals surface area (Å²) in [5, 5.41) is 8.88. The van der Waals surface area contributed by atoms with Gasteiger partial charge in [-0.25, -0.2) is 0 Å². The van der Waals surface area contributed by atoms with E-state index in [2.05, 4.69) is 132 Å². The van der Waals surface area contributed by atoms with E-state index in [1.165, 1.54) is 21.8 Å². The molecular weight excluding hydrogens is 566 g/mol. The van der Waals surface area contributed by atoms with Gasteiger partial charge in [-0.2, -0.15) is 0 Å². The molecule has 7 aromatic carbocycles. The average Bonchev–Trinajstić information content (AvgIpc) is 3.85. The molecule has 0 amide bonds. The summed E-state index contributed by atoms with van der Waals surface area (Å²) in [6.07, 6.45) is 0. The molecule has 0 spiro atoms. The third kappa shape index (κ3) is 3.12. The van der Waals surface area contributed by atoms with Crippen molar-refractivity contribution in [3.05, 3.63) is 140 Å². The van der Waals surface area contributed by atoms with Gasteiger partial charge < -0.3 is 17.8 Å². The van der Waals surface area contributed by atoms with Gasteiger partial charge in [-0.05, 0) is 48.5 Å². The van der Waals surface area contributed by atoms with Gasteiger partial charge in [-0.1, -0.05) is 91.0 Å². The number of rotatable bonds is 2. The Morgan fingerprint density at radius 2 is 0.826 bits per heavy atom. The second-order valence-electron chi connectivity index (χ2n) is 12.1. The number of benzene rings is 7. The Kier molecular flexibility index (Phi) is 4.55. The second kappa shape index (κ2) is 8.68. The van der Waals surface area contributed by atoms with Gasteiger partial charge >= 0.3 is 0 Å². The minimum atomic E-state index is 0.830. The molecule has 0 saturated heterocycles. The molecule has 11 aromatic rings. The molecule has 0 fully saturated rings. The predicted octanol–water partition coefficient (Wildman–Crippen LogP) is 12.1. The molecule has 214 valence electrons. The van der Waals surface area contributed by atoms with Gasteiger partial charge in [0.05, 0.1) is 11.0 Å². The van der Waals surface area contributed by atoms with Crippen LogP contribution in [0, 0.1) is 0 Å². The Labute approximate surface area is 261 Å². The summed E-state index contributed by atoms with van der Waals surface area (Å²) in [5.74, 6) is 0. The van der Waals surface area contributed by atoms with Crippen LogP contribution in [0.5, 0.6) is 0 Å². The summed E-state index contributed by atoms with van der Waals surface area (Å²) in [4.78, 5) is 0. The molecule has 0 aliphatic carbocycles. The molecule has 4 nitrogen and oxygen atoms in total. The number of furan rings is 3. The highest BCUT2D eigenvalue weighted by Gasteiger charge is 2.20. The number of aromatic nitrogens is 1. The number of hydrogen-bond donors (Lipinski definition) is 0. The summed E-state index contributed by atoms with van der Waals surface area (Å²) in [7, 11) is 0. The minimum absolute atomic E-state index is 0.830. The lowest BCUT2D eigenvalue weighted by molar-refractivity contribution is 0.663. The molecule has 0 radical (unpaired) electrons. The molecule has 0 atom stereocenters. The fourth-order valence-corrected chi connectivity index (χ4v) is 7.57. The molecule has 0 saturated carbocycles. The summed E-state index contributed by atoms with van der Waals surface area (Å²) in [6, 6.07) is 48.8. The van der Waals surface area contributed by atoms with E-state index < -0.39 is 0 Å². The van der Waals surface area contributed by atoms with Crippen molar-refractivity contribution in [2.45, 2.75) is 0 Å². The van der Waals surface area contributed by atoms with Crippen molar-refractivity contribution in [2.75, 3.05) is 0 Å². The normalized spacial score (nSPS) is 12.3. The highest BCUT2D eigenvalue weighted by Crippen LogP contribution is 2.43. The third-order valence-electron chi connectivity index (χ3n) is 9.60. The number of nitrogens with zero attached hydrogens (tertiary/aromatic N) is 1. The standard InChI is InChI=1S/C42H23NO3/c1-4-16-35-25(9-1)26-10-2-5-17-36(26)43(35)24-19-20-38-32(21-24)34-23-40-33(22-39(34)44-38)31-15-8-14-30(42(31)46-40)29-13-7-12-28-27-11-3-6-18-37(27)45-41(28)29/h1-23H. The minimum Gasteiger partial charge on any atom is -0.456 e. The van der Waals surface area contributed by atoms with Crippen LogP contribution in [0.1, 0.15) is 0 Å². The molecule has 4 heterocycles. The van der Waals surface area contributed by atoms with Gasteiger partial charge in [-0.15, -0.1) is 0 Å². The smallest absolute Gasteiger partial charge is 0.143 e. The van der Waals surface area contributed by atoms with Crippen LogP contribution in [-0.2, 0) is 0 Å². The van der Waals surface area contributed by atoms with Crippen molar-refractivity contribution in [2.24, 2.45) is 0 Å². The number of fused-ring (bicyclic) bond motifs is 12. The van der Waals surface area contributed by atoms with Crippen LogP contribution in [0.15, 0.2) is 153 Å². The molecule has 0 aliphatic heterocycles. The largest absolute Gasteiger partial charge is 0.456 e. The van der Waals surface area contributed by atoms with Crippen LogP contribution in [0.4, 0.5) is 0 Å².